The van der Waals surface area contributed by atoms with Gasteiger partial charge in [-0.15, -0.1) is 0 Å². The highest BCUT2D eigenvalue weighted by atomic mass is 16.5. The molecular formula is C13H26N2O2. The van der Waals surface area contributed by atoms with Crippen LogP contribution in [-0.2, 0) is 9.53 Å². The summed E-state index contributed by atoms with van der Waals surface area (Å²) in [6.45, 7) is 3.47. The van der Waals surface area contributed by atoms with Crippen LogP contribution in [0.1, 0.15) is 39.0 Å². The molecule has 4 heteroatoms. The van der Waals surface area contributed by atoms with Gasteiger partial charge in [-0.3, -0.25) is 4.79 Å². The van der Waals surface area contributed by atoms with Crippen molar-refractivity contribution in [3.05, 3.63) is 0 Å². The Balaban J connectivity index is 2.12. The molecule has 0 heterocycles. The van der Waals surface area contributed by atoms with Crippen molar-refractivity contribution in [2.45, 2.75) is 45.1 Å². The molecule has 1 aliphatic carbocycles. The Kier molecular flexibility index (Phi) is 6.52. The second-order valence-electron chi connectivity index (χ2n) is 5.35. The maximum absolute atomic E-state index is 11.7. The third kappa shape index (κ3) is 6.03. The zero-order chi connectivity index (χ0) is 12.7. The summed E-state index contributed by atoms with van der Waals surface area (Å²) in [5.41, 5.74) is 5.85. The van der Waals surface area contributed by atoms with Crippen molar-refractivity contribution in [2.75, 3.05) is 20.3 Å². The lowest BCUT2D eigenvalue weighted by Crippen LogP contribution is -2.33. The minimum absolute atomic E-state index is 0.174. The molecule has 1 fully saturated rings. The quantitative estimate of drug-likeness (QED) is 0.737. The van der Waals surface area contributed by atoms with Crippen molar-refractivity contribution >= 4 is 5.91 Å². The number of carbonyl (C=O) groups is 1. The van der Waals surface area contributed by atoms with E-state index in [2.05, 4.69) is 12.2 Å². The Morgan fingerprint density at radius 2 is 2.06 bits per heavy atom. The van der Waals surface area contributed by atoms with Crippen molar-refractivity contribution in [3.63, 3.8) is 0 Å². The van der Waals surface area contributed by atoms with Crippen molar-refractivity contribution in [1.29, 1.82) is 0 Å². The highest BCUT2D eigenvalue weighted by Crippen LogP contribution is 2.25. The summed E-state index contributed by atoms with van der Waals surface area (Å²) in [5.74, 6) is 1.09. The summed E-state index contributed by atoms with van der Waals surface area (Å²) >= 11 is 0. The van der Waals surface area contributed by atoms with Crippen molar-refractivity contribution < 1.29 is 9.53 Å². The minimum Gasteiger partial charge on any atom is -0.384 e. The molecule has 1 saturated carbocycles. The Morgan fingerprint density at radius 1 is 1.41 bits per heavy atom. The molecule has 0 aromatic rings. The predicted molar refractivity (Wildman–Crippen MR) is 68.6 cm³/mol. The van der Waals surface area contributed by atoms with E-state index in [-0.39, 0.29) is 5.91 Å². The molecule has 0 aliphatic heterocycles. The van der Waals surface area contributed by atoms with E-state index < -0.39 is 0 Å². The topological polar surface area (TPSA) is 64.3 Å². The molecule has 17 heavy (non-hydrogen) atoms. The van der Waals surface area contributed by atoms with Crippen LogP contribution in [0.15, 0.2) is 0 Å². The van der Waals surface area contributed by atoms with Gasteiger partial charge < -0.3 is 15.8 Å². The Hall–Kier alpha value is -0.610. The van der Waals surface area contributed by atoms with Crippen LogP contribution in [0.2, 0.25) is 0 Å². The van der Waals surface area contributed by atoms with E-state index in [9.17, 15) is 4.79 Å². The SMILES string of the molecule is COCC(C)CNC(=O)CC1CCC(N)CC1. The van der Waals surface area contributed by atoms with Crippen LogP contribution in [0.25, 0.3) is 0 Å². The molecule has 1 atom stereocenters. The van der Waals surface area contributed by atoms with Gasteiger partial charge in [0.05, 0.1) is 6.61 Å². The zero-order valence-corrected chi connectivity index (χ0v) is 11.1. The average molecular weight is 242 g/mol. The largest absolute Gasteiger partial charge is 0.384 e. The van der Waals surface area contributed by atoms with Gasteiger partial charge in [-0.1, -0.05) is 6.92 Å². The molecule has 3 N–H and O–H groups in total. The molecule has 1 aliphatic rings. The first-order chi connectivity index (χ1) is 8.11. The van der Waals surface area contributed by atoms with Gasteiger partial charge in [-0.2, -0.15) is 0 Å². The first-order valence-corrected chi connectivity index (χ1v) is 6.63. The molecule has 0 saturated heterocycles. The van der Waals surface area contributed by atoms with E-state index in [1.807, 2.05) is 0 Å². The van der Waals surface area contributed by atoms with Crippen LogP contribution in [0.5, 0.6) is 0 Å². The summed E-state index contributed by atoms with van der Waals surface area (Å²) in [7, 11) is 1.68. The predicted octanol–water partition coefficient (Wildman–Crippen LogP) is 1.29. The van der Waals surface area contributed by atoms with E-state index in [1.165, 1.54) is 0 Å². The van der Waals surface area contributed by atoms with E-state index in [0.717, 1.165) is 25.7 Å². The Bertz CT molecular complexity index is 225. The normalized spacial score (nSPS) is 26.5. The number of hydrogen-bond donors (Lipinski definition) is 2. The van der Waals surface area contributed by atoms with Gasteiger partial charge in [0.1, 0.15) is 0 Å². The van der Waals surface area contributed by atoms with Gasteiger partial charge in [-0.25, -0.2) is 0 Å². The van der Waals surface area contributed by atoms with Gasteiger partial charge in [-0.05, 0) is 37.5 Å². The minimum atomic E-state index is 0.174. The maximum atomic E-state index is 11.7. The van der Waals surface area contributed by atoms with Crippen molar-refractivity contribution in [1.82, 2.24) is 5.32 Å². The molecule has 0 aromatic carbocycles. The Morgan fingerprint density at radius 3 is 2.65 bits per heavy atom. The molecule has 0 spiro atoms. The summed E-state index contributed by atoms with van der Waals surface area (Å²) < 4.78 is 5.03. The fourth-order valence-electron chi connectivity index (χ4n) is 2.36. The standard InChI is InChI=1S/C13H26N2O2/c1-10(9-17-2)8-15-13(16)7-11-3-5-12(14)6-4-11/h10-12H,3-9,14H2,1-2H3,(H,15,16). The second kappa shape index (κ2) is 7.67. The second-order valence-corrected chi connectivity index (χ2v) is 5.35. The van der Waals surface area contributed by atoms with Gasteiger partial charge in [0.2, 0.25) is 5.91 Å². The van der Waals surface area contributed by atoms with Crippen LogP contribution >= 0.6 is 0 Å². The van der Waals surface area contributed by atoms with Gasteiger partial charge in [0.25, 0.3) is 0 Å². The highest BCUT2D eigenvalue weighted by Gasteiger charge is 2.20. The third-order valence-electron chi connectivity index (χ3n) is 3.46. The average Bonchev–Trinajstić information content (AvgIpc) is 2.30. The van der Waals surface area contributed by atoms with Crippen molar-refractivity contribution in [2.24, 2.45) is 17.6 Å². The molecule has 1 amide bonds. The molecule has 0 bridgehead atoms. The molecule has 100 valence electrons. The van der Waals surface area contributed by atoms with Crippen LogP contribution < -0.4 is 11.1 Å². The molecule has 0 radical (unpaired) electrons. The fourth-order valence-corrected chi connectivity index (χ4v) is 2.36. The van der Waals surface area contributed by atoms with E-state index in [0.29, 0.717) is 37.5 Å². The van der Waals surface area contributed by atoms with Gasteiger partial charge in [0.15, 0.2) is 0 Å². The molecule has 1 unspecified atom stereocenters. The maximum Gasteiger partial charge on any atom is 0.220 e. The van der Waals surface area contributed by atoms with Crippen LogP contribution in [0.3, 0.4) is 0 Å². The lowest BCUT2D eigenvalue weighted by molar-refractivity contribution is -0.122. The smallest absolute Gasteiger partial charge is 0.220 e. The number of methoxy groups -OCH3 is 1. The fraction of sp³-hybridized carbons (Fsp3) is 0.923. The Labute approximate surface area is 104 Å². The number of ether oxygens (including phenoxy) is 1. The van der Waals surface area contributed by atoms with E-state index in [1.54, 1.807) is 7.11 Å². The third-order valence-corrected chi connectivity index (χ3v) is 3.46. The summed E-state index contributed by atoms with van der Waals surface area (Å²) in [6.07, 6.45) is 4.99. The van der Waals surface area contributed by atoms with Crippen molar-refractivity contribution in [3.8, 4) is 0 Å². The number of carbonyl (C=O) groups excluding carboxylic acids is 1. The summed E-state index contributed by atoms with van der Waals surface area (Å²) in [4.78, 5) is 11.7. The van der Waals surface area contributed by atoms with E-state index in [4.69, 9.17) is 10.5 Å². The molecular weight excluding hydrogens is 216 g/mol. The zero-order valence-electron chi connectivity index (χ0n) is 11.1. The molecule has 1 rings (SSSR count). The number of nitrogens with two attached hydrogens (primary N) is 1. The number of nitrogens with one attached hydrogen (secondary N) is 1. The monoisotopic (exact) mass is 242 g/mol. The van der Waals surface area contributed by atoms with E-state index >= 15 is 0 Å². The lowest BCUT2D eigenvalue weighted by Gasteiger charge is -2.25. The van der Waals surface area contributed by atoms with Gasteiger partial charge >= 0.3 is 0 Å². The van der Waals surface area contributed by atoms with Crippen LogP contribution in [-0.4, -0.2) is 32.2 Å². The van der Waals surface area contributed by atoms with Crippen LogP contribution in [0, 0.1) is 11.8 Å². The first kappa shape index (κ1) is 14.5. The van der Waals surface area contributed by atoms with Crippen LogP contribution in [0.4, 0.5) is 0 Å². The number of rotatable bonds is 6. The molecule has 0 aromatic heterocycles. The molecule has 4 nitrogen and oxygen atoms in total. The lowest BCUT2D eigenvalue weighted by atomic mass is 9.84. The summed E-state index contributed by atoms with van der Waals surface area (Å²) in [5, 5.41) is 2.98. The number of hydrogen-bond acceptors (Lipinski definition) is 3. The highest BCUT2D eigenvalue weighted by molar-refractivity contribution is 5.76. The first-order valence-electron chi connectivity index (χ1n) is 6.63. The number of amides is 1. The van der Waals surface area contributed by atoms with Gasteiger partial charge in [0, 0.05) is 26.1 Å². The summed E-state index contributed by atoms with van der Waals surface area (Å²) in [6, 6.07) is 0.357.